The van der Waals surface area contributed by atoms with Crippen LogP contribution in [0.2, 0.25) is 0 Å². The molecule has 3 heteroatoms. The standard InChI is InChI=1S/C16H15NO2/c18-16(19)15-10-13-12(7-4-8-14(13)17-15)9-11-5-2-1-3-6-11/h1-8,15,17H,9-10H2,(H,18,19). The average Bonchev–Trinajstić information content (AvgIpc) is 2.85. The predicted octanol–water partition coefficient (Wildman–Crippen LogP) is 2.70. The summed E-state index contributed by atoms with van der Waals surface area (Å²) in [6.45, 7) is 0. The first-order chi connectivity index (χ1) is 9.24. The minimum Gasteiger partial charge on any atom is -0.480 e. The molecule has 2 N–H and O–H groups in total. The maximum atomic E-state index is 11.1. The van der Waals surface area contributed by atoms with Gasteiger partial charge in [0, 0.05) is 12.1 Å². The van der Waals surface area contributed by atoms with Crippen molar-refractivity contribution in [2.24, 2.45) is 0 Å². The number of hydrogen-bond donors (Lipinski definition) is 2. The summed E-state index contributed by atoms with van der Waals surface area (Å²) in [5, 5.41) is 12.2. The van der Waals surface area contributed by atoms with Gasteiger partial charge in [0.2, 0.25) is 0 Å². The predicted molar refractivity (Wildman–Crippen MR) is 74.4 cm³/mol. The number of aliphatic carboxylic acids is 1. The summed E-state index contributed by atoms with van der Waals surface area (Å²) in [6.07, 6.45) is 1.41. The summed E-state index contributed by atoms with van der Waals surface area (Å²) in [5.41, 5.74) is 4.55. The Morgan fingerprint density at radius 3 is 2.68 bits per heavy atom. The number of carboxylic acids is 1. The molecule has 1 aliphatic heterocycles. The van der Waals surface area contributed by atoms with Crippen molar-refractivity contribution in [3.8, 4) is 0 Å². The number of benzene rings is 2. The largest absolute Gasteiger partial charge is 0.480 e. The number of hydrogen-bond acceptors (Lipinski definition) is 2. The second kappa shape index (κ2) is 4.76. The van der Waals surface area contributed by atoms with Gasteiger partial charge >= 0.3 is 5.97 Å². The summed E-state index contributed by atoms with van der Waals surface area (Å²) in [6, 6.07) is 15.8. The van der Waals surface area contributed by atoms with Crippen molar-refractivity contribution in [3.63, 3.8) is 0 Å². The molecule has 0 bridgehead atoms. The normalized spacial score (nSPS) is 16.7. The van der Waals surface area contributed by atoms with Gasteiger partial charge in [-0.2, -0.15) is 0 Å². The molecular formula is C16H15NO2. The Bertz CT molecular complexity index is 607. The molecule has 0 spiro atoms. The van der Waals surface area contributed by atoms with E-state index in [-0.39, 0.29) is 0 Å². The Kier molecular flexibility index (Phi) is 2.95. The third-order valence-corrected chi connectivity index (χ3v) is 3.55. The first-order valence-corrected chi connectivity index (χ1v) is 6.38. The number of rotatable bonds is 3. The fourth-order valence-corrected chi connectivity index (χ4v) is 2.58. The Hall–Kier alpha value is -2.29. The quantitative estimate of drug-likeness (QED) is 0.884. The molecule has 3 rings (SSSR count). The van der Waals surface area contributed by atoms with Crippen LogP contribution in [0.15, 0.2) is 48.5 Å². The molecule has 2 aromatic carbocycles. The lowest BCUT2D eigenvalue weighted by atomic mass is 9.97. The molecule has 0 saturated heterocycles. The summed E-state index contributed by atoms with van der Waals surface area (Å²) in [7, 11) is 0. The van der Waals surface area contributed by atoms with Crippen LogP contribution in [0.3, 0.4) is 0 Å². The van der Waals surface area contributed by atoms with Gasteiger partial charge < -0.3 is 10.4 Å². The van der Waals surface area contributed by atoms with Gasteiger partial charge in [-0.3, -0.25) is 0 Å². The van der Waals surface area contributed by atoms with E-state index in [1.807, 2.05) is 30.3 Å². The van der Waals surface area contributed by atoms with E-state index in [2.05, 4.69) is 23.5 Å². The zero-order valence-corrected chi connectivity index (χ0v) is 10.5. The van der Waals surface area contributed by atoms with Crippen LogP contribution < -0.4 is 5.32 Å². The van der Waals surface area contributed by atoms with Crippen molar-refractivity contribution in [2.75, 3.05) is 5.32 Å². The van der Waals surface area contributed by atoms with Crippen LogP contribution in [0.1, 0.15) is 16.7 Å². The maximum absolute atomic E-state index is 11.1. The Morgan fingerprint density at radius 1 is 1.16 bits per heavy atom. The average molecular weight is 253 g/mol. The van der Waals surface area contributed by atoms with Crippen molar-refractivity contribution in [2.45, 2.75) is 18.9 Å². The van der Waals surface area contributed by atoms with E-state index >= 15 is 0 Å². The third-order valence-electron chi connectivity index (χ3n) is 3.55. The van der Waals surface area contributed by atoms with Crippen molar-refractivity contribution in [3.05, 3.63) is 65.2 Å². The molecule has 1 atom stereocenters. The number of anilines is 1. The molecule has 3 nitrogen and oxygen atoms in total. The highest BCUT2D eigenvalue weighted by atomic mass is 16.4. The molecule has 1 aliphatic rings. The van der Waals surface area contributed by atoms with E-state index in [0.717, 1.165) is 17.7 Å². The highest BCUT2D eigenvalue weighted by Crippen LogP contribution is 2.30. The molecular weight excluding hydrogens is 238 g/mol. The molecule has 0 aromatic heterocycles. The molecule has 0 saturated carbocycles. The molecule has 1 unspecified atom stereocenters. The summed E-state index contributed by atoms with van der Waals surface area (Å²) < 4.78 is 0. The first kappa shape index (κ1) is 11.8. The highest BCUT2D eigenvalue weighted by molar-refractivity contribution is 5.81. The molecule has 0 amide bonds. The van der Waals surface area contributed by atoms with Crippen LogP contribution in [-0.4, -0.2) is 17.1 Å². The SMILES string of the molecule is O=C(O)C1Cc2c(Cc3ccccc3)cccc2N1. The lowest BCUT2D eigenvalue weighted by molar-refractivity contribution is -0.137. The van der Waals surface area contributed by atoms with E-state index in [0.29, 0.717) is 6.42 Å². The molecule has 0 aliphatic carbocycles. The third kappa shape index (κ3) is 2.32. The fourth-order valence-electron chi connectivity index (χ4n) is 2.58. The lowest BCUT2D eigenvalue weighted by Gasteiger charge is -2.07. The second-order valence-corrected chi connectivity index (χ2v) is 4.84. The zero-order chi connectivity index (χ0) is 13.2. The van der Waals surface area contributed by atoms with Crippen molar-refractivity contribution in [1.29, 1.82) is 0 Å². The van der Waals surface area contributed by atoms with Gasteiger partial charge in [-0.1, -0.05) is 42.5 Å². The summed E-state index contributed by atoms with van der Waals surface area (Å²) >= 11 is 0. The minimum atomic E-state index is -0.790. The van der Waals surface area contributed by atoms with E-state index in [9.17, 15) is 4.79 Å². The minimum absolute atomic E-state index is 0.494. The van der Waals surface area contributed by atoms with Crippen LogP contribution in [-0.2, 0) is 17.6 Å². The Labute approximate surface area is 111 Å². The van der Waals surface area contributed by atoms with Gasteiger partial charge in [0.25, 0.3) is 0 Å². The van der Waals surface area contributed by atoms with E-state index in [4.69, 9.17) is 5.11 Å². The second-order valence-electron chi connectivity index (χ2n) is 4.84. The maximum Gasteiger partial charge on any atom is 0.326 e. The van der Waals surface area contributed by atoms with Crippen LogP contribution in [0.5, 0.6) is 0 Å². The first-order valence-electron chi connectivity index (χ1n) is 6.38. The van der Waals surface area contributed by atoms with Crippen molar-refractivity contribution in [1.82, 2.24) is 0 Å². The number of carboxylic acid groups (broad SMARTS) is 1. The number of nitrogens with one attached hydrogen (secondary N) is 1. The van der Waals surface area contributed by atoms with Crippen LogP contribution >= 0.6 is 0 Å². The molecule has 2 aromatic rings. The smallest absolute Gasteiger partial charge is 0.326 e. The van der Waals surface area contributed by atoms with E-state index in [1.165, 1.54) is 11.1 Å². The highest BCUT2D eigenvalue weighted by Gasteiger charge is 2.27. The van der Waals surface area contributed by atoms with Gasteiger partial charge in [-0.05, 0) is 29.2 Å². The lowest BCUT2D eigenvalue weighted by Crippen LogP contribution is -2.26. The van der Waals surface area contributed by atoms with Crippen molar-refractivity contribution < 1.29 is 9.90 Å². The Morgan fingerprint density at radius 2 is 1.95 bits per heavy atom. The molecule has 0 fully saturated rings. The number of carbonyl (C=O) groups is 1. The van der Waals surface area contributed by atoms with Crippen LogP contribution in [0.25, 0.3) is 0 Å². The number of fused-ring (bicyclic) bond motifs is 1. The fraction of sp³-hybridized carbons (Fsp3) is 0.188. The van der Waals surface area contributed by atoms with Crippen LogP contribution in [0.4, 0.5) is 5.69 Å². The molecule has 1 heterocycles. The summed E-state index contributed by atoms with van der Waals surface area (Å²) in [5.74, 6) is -0.790. The molecule has 96 valence electrons. The summed E-state index contributed by atoms with van der Waals surface area (Å²) in [4.78, 5) is 11.1. The zero-order valence-electron chi connectivity index (χ0n) is 10.5. The van der Waals surface area contributed by atoms with Gasteiger partial charge in [0.05, 0.1) is 0 Å². The van der Waals surface area contributed by atoms with Crippen molar-refractivity contribution >= 4 is 11.7 Å². The topological polar surface area (TPSA) is 49.3 Å². The van der Waals surface area contributed by atoms with Crippen LogP contribution in [0, 0.1) is 0 Å². The monoisotopic (exact) mass is 253 g/mol. The van der Waals surface area contributed by atoms with Gasteiger partial charge in [-0.25, -0.2) is 4.79 Å². The Balaban J connectivity index is 1.89. The van der Waals surface area contributed by atoms with Gasteiger partial charge in [0.15, 0.2) is 0 Å². The van der Waals surface area contributed by atoms with Gasteiger partial charge in [0.1, 0.15) is 6.04 Å². The molecule has 0 radical (unpaired) electrons. The molecule has 19 heavy (non-hydrogen) atoms. The van der Waals surface area contributed by atoms with E-state index < -0.39 is 12.0 Å². The van der Waals surface area contributed by atoms with Gasteiger partial charge in [-0.15, -0.1) is 0 Å². The van der Waals surface area contributed by atoms with E-state index in [1.54, 1.807) is 0 Å².